The van der Waals surface area contributed by atoms with Gasteiger partial charge in [0.1, 0.15) is 12.1 Å². The van der Waals surface area contributed by atoms with E-state index in [9.17, 15) is 4.79 Å². The molecule has 1 saturated carbocycles. The number of halogens is 2. The number of benzene rings is 2. The number of hydrogen-bond donors (Lipinski definition) is 0. The average Bonchev–Trinajstić information content (AvgIpc) is 2.74. The number of carbonyl (C=O) groups excluding carboxylic acids is 1. The molecule has 1 aliphatic carbocycles. The van der Waals surface area contributed by atoms with Crippen LogP contribution in [0.3, 0.4) is 0 Å². The Bertz CT molecular complexity index is 1160. The first-order chi connectivity index (χ1) is 14.4. The molecule has 3 unspecified atom stereocenters. The Morgan fingerprint density at radius 1 is 1.20 bits per heavy atom. The maximum atomic E-state index is 12.3. The van der Waals surface area contributed by atoms with Gasteiger partial charge in [0.25, 0.3) is 0 Å². The third kappa shape index (κ3) is 2.95. The number of piperidine rings is 2. The van der Waals surface area contributed by atoms with Crippen LogP contribution in [0.1, 0.15) is 13.3 Å². The second-order valence-corrected chi connectivity index (χ2v) is 9.34. The van der Waals surface area contributed by atoms with Crippen LogP contribution < -0.4 is 4.90 Å². The van der Waals surface area contributed by atoms with Crippen molar-refractivity contribution < 1.29 is 9.53 Å². The van der Waals surface area contributed by atoms with E-state index in [0.717, 1.165) is 47.4 Å². The number of hydrogen-bond acceptors (Lipinski definition) is 5. The van der Waals surface area contributed by atoms with E-state index >= 15 is 0 Å². The standard InChI is InChI=1S/C23H21Cl2N3O2/c1-23-9-14(20(23)22(29)30-2)10-28(11-23)21-19-15(4-3-5-18(19)26-12-27-21)13-6-7-16(24)17(25)8-13/h3-8,12,14,20H,9-11H2,1-2H3. The molecule has 0 amide bonds. The molecule has 3 aliphatic rings. The molecule has 7 heteroatoms. The number of methoxy groups -OCH3 is 1. The first kappa shape index (κ1) is 19.6. The largest absolute Gasteiger partial charge is 0.469 e. The van der Waals surface area contributed by atoms with Gasteiger partial charge in [-0.15, -0.1) is 0 Å². The van der Waals surface area contributed by atoms with Gasteiger partial charge < -0.3 is 9.64 Å². The molecule has 6 rings (SSSR count). The first-order valence-corrected chi connectivity index (χ1v) is 10.7. The molecular formula is C23H21Cl2N3O2. The van der Waals surface area contributed by atoms with E-state index in [1.807, 2.05) is 24.3 Å². The number of aromatic nitrogens is 2. The normalized spacial score (nSPS) is 25.1. The van der Waals surface area contributed by atoms with Crippen LogP contribution in [0.25, 0.3) is 22.0 Å². The molecule has 2 saturated heterocycles. The van der Waals surface area contributed by atoms with Gasteiger partial charge in [0.05, 0.1) is 34.0 Å². The van der Waals surface area contributed by atoms with Gasteiger partial charge in [0, 0.05) is 13.1 Å². The molecule has 3 atom stereocenters. The van der Waals surface area contributed by atoms with Crippen molar-refractivity contribution in [1.29, 1.82) is 0 Å². The number of ether oxygens (including phenoxy) is 1. The Balaban J connectivity index is 1.60. The van der Waals surface area contributed by atoms with Gasteiger partial charge in [-0.25, -0.2) is 9.97 Å². The van der Waals surface area contributed by atoms with Gasteiger partial charge in [0.15, 0.2) is 0 Å². The summed E-state index contributed by atoms with van der Waals surface area (Å²) in [6.07, 6.45) is 2.64. The predicted octanol–water partition coefficient (Wildman–Crippen LogP) is 5.24. The van der Waals surface area contributed by atoms with E-state index in [-0.39, 0.29) is 23.2 Å². The molecule has 3 aromatic rings. The van der Waals surface area contributed by atoms with Gasteiger partial charge in [-0.3, -0.25) is 4.79 Å². The van der Waals surface area contributed by atoms with Crippen molar-refractivity contribution in [3.8, 4) is 11.1 Å². The Morgan fingerprint density at radius 3 is 2.77 bits per heavy atom. The topological polar surface area (TPSA) is 55.3 Å². The molecule has 5 nitrogen and oxygen atoms in total. The summed E-state index contributed by atoms with van der Waals surface area (Å²) in [5.74, 6) is 1.03. The Kier molecular flexibility index (Phi) is 4.64. The molecule has 3 fully saturated rings. The van der Waals surface area contributed by atoms with Crippen LogP contribution in [-0.2, 0) is 9.53 Å². The molecular weight excluding hydrogens is 421 g/mol. The molecule has 0 spiro atoms. The summed E-state index contributed by atoms with van der Waals surface area (Å²) in [6, 6.07) is 11.7. The lowest BCUT2D eigenvalue weighted by Gasteiger charge is -2.59. The highest BCUT2D eigenvalue weighted by atomic mass is 35.5. The number of fused-ring (bicyclic) bond motifs is 3. The van der Waals surface area contributed by atoms with Crippen LogP contribution >= 0.6 is 23.2 Å². The van der Waals surface area contributed by atoms with E-state index < -0.39 is 0 Å². The highest BCUT2D eigenvalue weighted by Crippen LogP contribution is 2.56. The van der Waals surface area contributed by atoms with Crippen LogP contribution in [0.15, 0.2) is 42.7 Å². The summed E-state index contributed by atoms with van der Waals surface area (Å²) in [4.78, 5) is 23.7. The van der Waals surface area contributed by atoms with Crippen molar-refractivity contribution in [2.24, 2.45) is 17.3 Å². The SMILES string of the molecule is COC(=O)C1C2CN(c3ncnc4cccc(-c5ccc(Cl)c(Cl)c5)c34)CC1(C)C2. The van der Waals surface area contributed by atoms with Gasteiger partial charge in [-0.1, -0.05) is 48.3 Å². The van der Waals surface area contributed by atoms with Crippen molar-refractivity contribution in [1.82, 2.24) is 9.97 Å². The van der Waals surface area contributed by atoms with Gasteiger partial charge in [0.2, 0.25) is 0 Å². The zero-order chi connectivity index (χ0) is 21.0. The molecule has 2 aromatic carbocycles. The maximum Gasteiger partial charge on any atom is 0.309 e. The zero-order valence-electron chi connectivity index (χ0n) is 16.7. The lowest BCUT2D eigenvalue weighted by Crippen LogP contribution is -2.64. The van der Waals surface area contributed by atoms with E-state index in [4.69, 9.17) is 27.9 Å². The summed E-state index contributed by atoms with van der Waals surface area (Å²) >= 11 is 12.4. The Hall–Kier alpha value is -2.37. The number of rotatable bonds is 3. The minimum Gasteiger partial charge on any atom is -0.469 e. The second kappa shape index (κ2) is 7.10. The Morgan fingerprint density at radius 2 is 2.03 bits per heavy atom. The number of nitrogens with zero attached hydrogens (tertiary/aromatic N) is 3. The molecule has 2 bridgehead atoms. The van der Waals surface area contributed by atoms with E-state index in [0.29, 0.717) is 10.0 Å². The van der Waals surface area contributed by atoms with Crippen molar-refractivity contribution in [3.05, 3.63) is 52.8 Å². The van der Waals surface area contributed by atoms with E-state index in [1.54, 1.807) is 12.4 Å². The van der Waals surface area contributed by atoms with Crippen molar-refractivity contribution in [3.63, 3.8) is 0 Å². The molecule has 30 heavy (non-hydrogen) atoms. The zero-order valence-corrected chi connectivity index (χ0v) is 18.2. The van der Waals surface area contributed by atoms with Gasteiger partial charge in [-0.2, -0.15) is 0 Å². The van der Waals surface area contributed by atoms with Gasteiger partial charge in [-0.05, 0) is 47.1 Å². The molecule has 3 heterocycles. The minimum atomic E-state index is -0.105. The summed E-state index contributed by atoms with van der Waals surface area (Å²) in [7, 11) is 1.47. The predicted molar refractivity (Wildman–Crippen MR) is 119 cm³/mol. The third-order valence-corrected chi connectivity index (χ3v) is 7.32. The van der Waals surface area contributed by atoms with Crippen molar-refractivity contribution in [2.45, 2.75) is 13.3 Å². The fourth-order valence-corrected chi connectivity index (χ4v) is 5.67. The van der Waals surface area contributed by atoms with Crippen LogP contribution in [0.5, 0.6) is 0 Å². The summed E-state index contributed by atoms with van der Waals surface area (Å²) in [5, 5.41) is 2.02. The average molecular weight is 442 g/mol. The van der Waals surface area contributed by atoms with Crippen LogP contribution in [0, 0.1) is 17.3 Å². The molecule has 154 valence electrons. The molecule has 1 aromatic heterocycles. The second-order valence-electron chi connectivity index (χ2n) is 8.53. The monoisotopic (exact) mass is 441 g/mol. The number of anilines is 1. The fourth-order valence-electron chi connectivity index (χ4n) is 5.37. The molecule has 2 aliphatic heterocycles. The highest BCUT2D eigenvalue weighted by Gasteiger charge is 2.59. The van der Waals surface area contributed by atoms with Crippen molar-refractivity contribution >= 4 is 45.9 Å². The van der Waals surface area contributed by atoms with Crippen molar-refractivity contribution in [2.75, 3.05) is 25.1 Å². The van der Waals surface area contributed by atoms with E-state index in [2.05, 4.69) is 27.9 Å². The lowest BCUT2D eigenvalue weighted by molar-refractivity contribution is -0.166. The first-order valence-electron chi connectivity index (χ1n) is 9.93. The minimum absolute atomic E-state index is 0.0404. The smallest absolute Gasteiger partial charge is 0.309 e. The Labute approximate surface area is 185 Å². The maximum absolute atomic E-state index is 12.3. The van der Waals surface area contributed by atoms with Crippen LogP contribution in [-0.4, -0.2) is 36.1 Å². The quantitative estimate of drug-likeness (QED) is 0.520. The summed E-state index contributed by atoms with van der Waals surface area (Å²) in [6.45, 7) is 3.70. The highest BCUT2D eigenvalue weighted by molar-refractivity contribution is 6.42. The molecule has 0 radical (unpaired) electrons. The van der Waals surface area contributed by atoms with Crippen LogP contribution in [0.4, 0.5) is 5.82 Å². The fraction of sp³-hybridized carbons (Fsp3) is 0.348. The van der Waals surface area contributed by atoms with Gasteiger partial charge >= 0.3 is 5.97 Å². The molecule has 0 N–H and O–H groups in total. The number of carbonyl (C=O) groups is 1. The number of esters is 1. The van der Waals surface area contributed by atoms with E-state index in [1.165, 1.54) is 7.11 Å². The summed E-state index contributed by atoms with van der Waals surface area (Å²) in [5.41, 5.74) is 2.74. The third-order valence-electron chi connectivity index (χ3n) is 6.59. The lowest BCUT2D eigenvalue weighted by atomic mass is 9.52. The summed E-state index contributed by atoms with van der Waals surface area (Å²) < 4.78 is 5.06. The van der Waals surface area contributed by atoms with Crippen LogP contribution in [0.2, 0.25) is 10.0 Å².